The molecule has 0 atom stereocenters. The van der Waals surface area contributed by atoms with Crippen LogP contribution in [-0.2, 0) is 6.61 Å². The Balaban J connectivity index is 2.90. The molecule has 0 aromatic carbocycles. The summed E-state index contributed by atoms with van der Waals surface area (Å²) in [4.78, 5) is 4.05. The number of aromatic nitrogens is 1. The molecule has 1 rings (SSSR count). The van der Waals surface area contributed by atoms with Crippen LogP contribution in [0.25, 0.3) is 0 Å². The minimum atomic E-state index is -0.0110. The predicted octanol–water partition coefficient (Wildman–Crippen LogP) is 1.14. The highest BCUT2D eigenvalue weighted by Gasteiger charge is 1.99. The lowest BCUT2D eigenvalue weighted by Crippen LogP contribution is -2.07. The van der Waals surface area contributed by atoms with Gasteiger partial charge in [-0.25, -0.2) is 9.99 Å². The third kappa shape index (κ3) is 2.13. The molecule has 0 radical (unpaired) electrons. The molecule has 0 aliphatic rings. The SMILES string of the molecule is C=CN(N=C)c1ccc(CO)cn1. The molecule has 0 fully saturated rings. The maximum Gasteiger partial charge on any atom is 0.153 e. The van der Waals surface area contributed by atoms with Gasteiger partial charge >= 0.3 is 0 Å². The number of hydrogen-bond donors (Lipinski definition) is 1. The van der Waals surface area contributed by atoms with Crippen molar-refractivity contribution in [2.75, 3.05) is 5.01 Å². The molecule has 68 valence electrons. The van der Waals surface area contributed by atoms with E-state index in [0.29, 0.717) is 5.82 Å². The van der Waals surface area contributed by atoms with E-state index in [1.54, 1.807) is 18.3 Å². The predicted molar refractivity (Wildman–Crippen MR) is 52.4 cm³/mol. The standard InChI is InChI=1S/C9H11N3O/c1-3-12(10-2)9-5-4-8(7-13)6-11-9/h3-6,13H,1-2,7H2. The highest BCUT2D eigenvalue weighted by Crippen LogP contribution is 2.11. The summed E-state index contributed by atoms with van der Waals surface area (Å²) in [5, 5.41) is 13.9. The summed E-state index contributed by atoms with van der Waals surface area (Å²) < 4.78 is 0. The average molecular weight is 177 g/mol. The van der Waals surface area contributed by atoms with Gasteiger partial charge in [0.2, 0.25) is 0 Å². The molecule has 13 heavy (non-hydrogen) atoms. The highest BCUT2D eigenvalue weighted by atomic mass is 16.3. The van der Waals surface area contributed by atoms with Gasteiger partial charge in [-0.05, 0) is 11.6 Å². The van der Waals surface area contributed by atoms with Crippen LogP contribution in [-0.4, -0.2) is 16.8 Å². The monoisotopic (exact) mass is 177 g/mol. The zero-order valence-electron chi connectivity index (χ0n) is 7.22. The van der Waals surface area contributed by atoms with Crippen molar-refractivity contribution >= 4 is 12.5 Å². The molecule has 0 aliphatic heterocycles. The first kappa shape index (κ1) is 9.41. The zero-order chi connectivity index (χ0) is 9.68. The fourth-order valence-corrected chi connectivity index (χ4v) is 0.869. The van der Waals surface area contributed by atoms with Crippen molar-refractivity contribution in [2.24, 2.45) is 5.10 Å². The van der Waals surface area contributed by atoms with Gasteiger partial charge in [-0.1, -0.05) is 12.6 Å². The van der Waals surface area contributed by atoms with Crippen molar-refractivity contribution in [3.05, 3.63) is 36.7 Å². The normalized spacial score (nSPS) is 9.31. The number of rotatable bonds is 4. The van der Waals surface area contributed by atoms with Crippen molar-refractivity contribution < 1.29 is 5.11 Å². The van der Waals surface area contributed by atoms with Gasteiger partial charge in [-0.3, -0.25) is 0 Å². The highest BCUT2D eigenvalue weighted by molar-refractivity contribution is 5.44. The number of aliphatic hydroxyl groups excluding tert-OH is 1. The second-order valence-corrected chi connectivity index (χ2v) is 2.35. The van der Waals surface area contributed by atoms with Gasteiger partial charge in [0.1, 0.15) is 0 Å². The van der Waals surface area contributed by atoms with Gasteiger partial charge < -0.3 is 5.11 Å². The Morgan fingerprint density at radius 1 is 1.62 bits per heavy atom. The number of aliphatic hydroxyl groups is 1. The summed E-state index contributed by atoms with van der Waals surface area (Å²) in [6, 6.07) is 3.51. The van der Waals surface area contributed by atoms with E-state index in [0.717, 1.165) is 5.56 Å². The molecule has 1 aromatic rings. The Kier molecular flexibility index (Phi) is 3.16. The number of hydrogen-bond acceptors (Lipinski definition) is 4. The van der Waals surface area contributed by atoms with Gasteiger partial charge in [0.15, 0.2) is 5.82 Å². The largest absolute Gasteiger partial charge is 0.392 e. The summed E-state index contributed by atoms with van der Waals surface area (Å²) in [7, 11) is 0. The van der Waals surface area contributed by atoms with Crippen LogP contribution in [0.5, 0.6) is 0 Å². The molecular formula is C9H11N3O. The van der Waals surface area contributed by atoms with Crippen LogP contribution >= 0.6 is 0 Å². The Hall–Kier alpha value is -1.68. The third-order valence-corrected chi connectivity index (χ3v) is 1.55. The number of hydrazone groups is 1. The van der Waals surface area contributed by atoms with E-state index in [1.165, 1.54) is 11.2 Å². The van der Waals surface area contributed by atoms with Crippen LogP contribution in [0.3, 0.4) is 0 Å². The van der Waals surface area contributed by atoms with Crippen LogP contribution < -0.4 is 5.01 Å². The van der Waals surface area contributed by atoms with Gasteiger partial charge in [-0.2, -0.15) is 5.10 Å². The van der Waals surface area contributed by atoms with Crippen molar-refractivity contribution in [2.45, 2.75) is 6.61 Å². The lowest BCUT2D eigenvalue weighted by Gasteiger charge is -2.11. The topological polar surface area (TPSA) is 48.7 Å². The Bertz CT molecular complexity index is 286. The van der Waals surface area contributed by atoms with Crippen LogP contribution in [0, 0.1) is 0 Å². The molecule has 0 aliphatic carbocycles. The summed E-state index contributed by atoms with van der Waals surface area (Å²) in [5.74, 6) is 0.627. The molecule has 4 nitrogen and oxygen atoms in total. The minimum absolute atomic E-state index is 0.0110. The fraction of sp³-hybridized carbons (Fsp3) is 0.111. The molecule has 0 saturated carbocycles. The summed E-state index contributed by atoms with van der Waals surface area (Å²) in [6.07, 6.45) is 3.09. The van der Waals surface area contributed by atoms with Gasteiger partial charge in [-0.15, -0.1) is 0 Å². The Labute approximate surface area is 76.8 Å². The van der Waals surface area contributed by atoms with E-state index in [9.17, 15) is 0 Å². The summed E-state index contributed by atoms with van der Waals surface area (Å²) in [6.45, 7) is 6.91. The molecule has 1 heterocycles. The summed E-state index contributed by atoms with van der Waals surface area (Å²) >= 11 is 0. The Morgan fingerprint density at radius 2 is 2.38 bits per heavy atom. The summed E-state index contributed by atoms with van der Waals surface area (Å²) in [5.41, 5.74) is 0.761. The van der Waals surface area contributed by atoms with E-state index in [1.807, 2.05) is 0 Å². The fourth-order valence-electron chi connectivity index (χ4n) is 0.869. The van der Waals surface area contributed by atoms with E-state index < -0.39 is 0 Å². The average Bonchev–Trinajstić information content (AvgIpc) is 2.21. The molecule has 0 unspecified atom stereocenters. The van der Waals surface area contributed by atoms with Crippen molar-refractivity contribution in [1.29, 1.82) is 0 Å². The first-order chi connectivity index (χ1) is 6.31. The van der Waals surface area contributed by atoms with E-state index >= 15 is 0 Å². The molecule has 4 heteroatoms. The van der Waals surface area contributed by atoms with Crippen molar-refractivity contribution in [3.63, 3.8) is 0 Å². The smallest absolute Gasteiger partial charge is 0.153 e. The van der Waals surface area contributed by atoms with Gasteiger partial charge in [0.25, 0.3) is 0 Å². The molecule has 1 aromatic heterocycles. The number of anilines is 1. The van der Waals surface area contributed by atoms with Crippen molar-refractivity contribution in [1.82, 2.24) is 4.98 Å². The molecule has 0 amide bonds. The molecule has 1 N–H and O–H groups in total. The van der Waals surface area contributed by atoms with Crippen LogP contribution in [0.2, 0.25) is 0 Å². The zero-order valence-corrected chi connectivity index (χ0v) is 7.22. The molecular weight excluding hydrogens is 166 g/mol. The van der Waals surface area contributed by atoms with Crippen LogP contribution in [0.4, 0.5) is 5.82 Å². The van der Waals surface area contributed by atoms with E-state index in [-0.39, 0.29) is 6.61 Å². The lowest BCUT2D eigenvalue weighted by molar-refractivity contribution is 0.281. The quantitative estimate of drug-likeness (QED) is 0.554. The maximum atomic E-state index is 8.77. The second-order valence-electron chi connectivity index (χ2n) is 2.35. The minimum Gasteiger partial charge on any atom is -0.392 e. The van der Waals surface area contributed by atoms with Gasteiger partial charge in [0, 0.05) is 19.1 Å². The lowest BCUT2D eigenvalue weighted by atomic mass is 10.3. The van der Waals surface area contributed by atoms with E-state index in [4.69, 9.17) is 5.11 Å². The molecule has 0 bridgehead atoms. The number of pyridine rings is 1. The Morgan fingerprint density at radius 3 is 2.77 bits per heavy atom. The first-order valence-electron chi connectivity index (χ1n) is 3.76. The third-order valence-electron chi connectivity index (χ3n) is 1.55. The first-order valence-corrected chi connectivity index (χ1v) is 3.76. The molecule has 0 spiro atoms. The maximum absolute atomic E-state index is 8.77. The van der Waals surface area contributed by atoms with Crippen LogP contribution in [0.15, 0.2) is 36.2 Å². The molecule has 0 saturated heterocycles. The second kappa shape index (κ2) is 4.37. The van der Waals surface area contributed by atoms with Gasteiger partial charge in [0.05, 0.1) is 6.61 Å². The van der Waals surface area contributed by atoms with Crippen molar-refractivity contribution in [3.8, 4) is 0 Å². The van der Waals surface area contributed by atoms with Crippen LogP contribution in [0.1, 0.15) is 5.56 Å². The van der Waals surface area contributed by atoms with E-state index in [2.05, 4.69) is 23.4 Å². The number of nitrogens with zero attached hydrogens (tertiary/aromatic N) is 3.